The van der Waals surface area contributed by atoms with Gasteiger partial charge in [0.2, 0.25) is 0 Å². The quantitative estimate of drug-likeness (QED) is 0.336. The van der Waals surface area contributed by atoms with Crippen LogP contribution in [0.25, 0.3) is 11.1 Å². The number of hydrogen-bond acceptors (Lipinski definition) is 6. The smallest absolute Gasteiger partial charge is 0.387 e. The molecule has 0 heterocycles. The third-order valence-corrected chi connectivity index (χ3v) is 5.69. The number of alkyl halides is 4. The zero-order valence-electron chi connectivity index (χ0n) is 18.7. The van der Waals surface area contributed by atoms with Crippen LogP contribution < -0.4 is 18.9 Å². The van der Waals surface area contributed by atoms with Crippen LogP contribution in [0.5, 0.6) is 23.0 Å². The van der Waals surface area contributed by atoms with Crippen LogP contribution >= 0.6 is 0 Å². The zero-order valence-corrected chi connectivity index (χ0v) is 18.7. The molecule has 0 saturated heterocycles. The molecule has 2 aromatic rings. The largest absolute Gasteiger partial charge is 0.489 e. The molecule has 2 aromatic carbocycles. The number of hydrogen-bond donors (Lipinski definition) is 2. The molecule has 4 rings (SSSR count). The number of ether oxygens (including phenoxy) is 4. The van der Waals surface area contributed by atoms with Gasteiger partial charge in [0.25, 0.3) is 0 Å². The predicted octanol–water partition coefficient (Wildman–Crippen LogP) is 5.53. The molecule has 194 valence electrons. The second-order valence-electron chi connectivity index (χ2n) is 8.57. The van der Waals surface area contributed by atoms with Crippen LogP contribution in [0.4, 0.5) is 17.6 Å². The molecule has 8 nitrogen and oxygen atoms in total. The topological polar surface area (TPSA) is 112 Å². The first-order valence-electron chi connectivity index (χ1n) is 11.1. The molecule has 0 amide bonds. The van der Waals surface area contributed by atoms with E-state index in [1.807, 2.05) is 0 Å². The Balaban J connectivity index is 1.85. The van der Waals surface area contributed by atoms with E-state index in [-0.39, 0.29) is 47.7 Å². The van der Waals surface area contributed by atoms with Crippen molar-refractivity contribution in [1.82, 2.24) is 0 Å². The number of rotatable bonds is 13. The van der Waals surface area contributed by atoms with Crippen LogP contribution in [-0.4, -0.2) is 48.6 Å². The van der Waals surface area contributed by atoms with Gasteiger partial charge in [-0.15, -0.1) is 0 Å². The van der Waals surface area contributed by atoms with Gasteiger partial charge in [-0.3, -0.25) is 0 Å². The van der Waals surface area contributed by atoms with Crippen LogP contribution in [0.3, 0.4) is 0 Å². The summed E-state index contributed by atoms with van der Waals surface area (Å²) in [6, 6.07) is 3.65. The normalized spacial score (nSPS) is 15.2. The number of carboxylic acid groups (broad SMARTS) is 2. The lowest BCUT2D eigenvalue weighted by Gasteiger charge is -2.19. The highest BCUT2D eigenvalue weighted by Crippen LogP contribution is 2.43. The number of benzene rings is 2. The Morgan fingerprint density at radius 3 is 1.33 bits per heavy atom. The van der Waals surface area contributed by atoms with Gasteiger partial charge in [-0.05, 0) is 61.8 Å². The molecule has 0 unspecified atom stereocenters. The molecule has 2 N–H and O–H groups in total. The van der Waals surface area contributed by atoms with Crippen LogP contribution in [0, 0.1) is 11.8 Å². The van der Waals surface area contributed by atoms with Crippen molar-refractivity contribution in [3.8, 4) is 34.1 Å². The third kappa shape index (κ3) is 6.29. The Kier molecular flexibility index (Phi) is 7.41. The second-order valence-corrected chi connectivity index (χ2v) is 8.57. The van der Waals surface area contributed by atoms with Crippen molar-refractivity contribution in [3.63, 3.8) is 0 Å². The summed E-state index contributed by atoms with van der Waals surface area (Å²) in [5, 5.41) is 19.6. The van der Waals surface area contributed by atoms with E-state index < -0.39 is 47.8 Å². The third-order valence-electron chi connectivity index (χ3n) is 5.69. The average Bonchev–Trinajstić information content (AvgIpc) is 3.71. The van der Waals surface area contributed by atoms with Crippen molar-refractivity contribution in [2.24, 2.45) is 11.8 Å². The first kappa shape index (κ1) is 25.4. The summed E-state index contributed by atoms with van der Waals surface area (Å²) in [5.41, 5.74) is -1.77. The molecule has 36 heavy (non-hydrogen) atoms. The van der Waals surface area contributed by atoms with Crippen molar-refractivity contribution in [1.29, 1.82) is 0 Å². The lowest BCUT2D eigenvalue weighted by molar-refractivity contribution is -0.0522. The molecule has 2 saturated carbocycles. The van der Waals surface area contributed by atoms with E-state index in [0.29, 0.717) is 0 Å². The maximum atomic E-state index is 13.1. The Morgan fingerprint density at radius 1 is 0.694 bits per heavy atom. The molecule has 2 aliphatic rings. The minimum absolute atomic E-state index is 0.151. The molecular weight excluding hydrogens is 492 g/mol. The molecule has 0 bridgehead atoms. The maximum Gasteiger partial charge on any atom is 0.387 e. The van der Waals surface area contributed by atoms with Gasteiger partial charge in [0, 0.05) is 11.1 Å². The molecule has 0 aromatic heterocycles. The first-order chi connectivity index (χ1) is 17.1. The van der Waals surface area contributed by atoms with E-state index in [9.17, 15) is 37.4 Å². The number of carbonyl (C=O) groups is 2. The van der Waals surface area contributed by atoms with Crippen LogP contribution in [-0.2, 0) is 0 Å². The van der Waals surface area contributed by atoms with Gasteiger partial charge in [0.15, 0.2) is 23.0 Å². The van der Waals surface area contributed by atoms with Crippen LogP contribution in [0.2, 0.25) is 0 Å². The highest BCUT2D eigenvalue weighted by Gasteiger charge is 2.29. The molecule has 12 heteroatoms. The Hall–Kier alpha value is -3.70. The van der Waals surface area contributed by atoms with Gasteiger partial charge in [-0.1, -0.05) is 0 Å². The lowest BCUT2D eigenvalue weighted by Crippen LogP contribution is -2.11. The highest BCUT2D eigenvalue weighted by molar-refractivity contribution is 6.03. The fourth-order valence-electron chi connectivity index (χ4n) is 3.51. The zero-order chi connectivity index (χ0) is 26.0. The Labute approximate surface area is 202 Å². The Bertz CT molecular complexity index is 1060. The summed E-state index contributed by atoms with van der Waals surface area (Å²) in [6.07, 6.45) is 3.50. The fourth-order valence-corrected chi connectivity index (χ4v) is 3.51. The molecule has 0 spiro atoms. The van der Waals surface area contributed by atoms with Crippen molar-refractivity contribution in [2.75, 3.05) is 13.2 Å². The SMILES string of the molecule is O=C(O)c1cc(OCC2CC2)c(OC(F)F)cc1-c1cc(OC(F)F)c(OCC2CC2)cc1C(=O)O. The molecule has 0 radical (unpaired) electrons. The van der Waals surface area contributed by atoms with Crippen molar-refractivity contribution >= 4 is 11.9 Å². The van der Waals surface area contributed by atoms with Gasteiger partial charge in [-0.25, -0.2) is 9.59 Å². The summed E-state index contributed by atoms with van der Waals surface area (Å²) in [4.78, 5) is 24.1. The number of carboxylic acids is 2. The van der Waals surface area contributed by atoms with Gasteiger partial charge in [0.1, 0.15) is 0 Å². The van der Waals surface area contributed by atoms with E-state index in [2.05, 4.69) is 9.47 Å². The standard InChI is InChI=1S/C24H22F4O8/c25-23(26)35-19-5-13(15(21(29)30)7-17(19)33-9-11-1-2-11)14-6-20(36-24(27)28)18(8-16(14)22(31)32)34-10-12-3-4-12/h5-8,11-12,23-24H,1-4,9-10H2,(H,29,30)(H,31,32). The summed E-state index contributed by atoms with van der Waals surface area (Å²) >= 11 is 0. The average molecular weight is 514 g/mol. The fraction of sp³-hybridized carbons (Fsp3) is 0.417. The highest BCUT2D eigenvalue weighted by atomic mass is 19.3. The van der Waals surface area contributed by atoms with E-state index >= 15 is 0 Å². The number of halogens is 4. The van der Waals surface area contributed by atoms with Gasteiger partial charge < -0.3 is 29.2 Å². The minimum atomic E-state index is -3.30. The van der Waals surface area contributed by atoms with E-state index in [4.69, 9.17) is 9.47 Å². The summed E-state index contributed by atoms with van der Waals surface area (Å²) in [6.45, 7) is -6.30. The van der Waals surface area contributed by atoms with E-state index in [1.165, 1.54) is 0 Å². The van der Waals surface area contributed by atoms with Gasteiger partial charge >= 0.3 is 25.2 Å². The first-order valence-corrected chi connectivity index (χ1v) is 11.1. The van der Waals surface area contributed by atoms with Crippen molar-refractivity contribution in [2.45, 2.75) is 38.9 Å². The van der Waals surface area contributed by atoms with Crippen LogP contribution in [0.15, 0.2) is 24.3 Å². The second kappa shape index (κ2) is 10.5. The summed E-state index contributed by atoms with van der Waals surface area (Å²) < 4.78 is 72.5. The summed E-state index contributed by atoms with van der Waals surface area (Å²) in [7, 11) is 0. The van der Waals surface area contributed by atoms with Gasteiger partial charge in [0.05, 0.1) is 24.3 Å². The minimum Gasteiger partial charge on any atom is -0.489 e. The number of aromatic carboxylic acids is 2. The molecule has 2 aliphatic carbocycles. The Morgan fingerprint density at radius 2 is 1.06 bits per heavy atom. The van der Waals surface area contributed by atoms with E-state index in [0.717, 1.165) is 49.9 Å². The molecule has 0 aliphatic heterocycles. The van der Waals surface area contributed by atoms with Gasteiger partial charge in [-0.2, -0.15) is 17.6 Å². The lowest BCUT2D eigenvalue weighted by atomic mass is 9.94. The predicted molar refractivity (Wildman–Crippen MR) is 115 cm³/mol. The monoisotopic (exact) mass is 514 g/mol. The molecular formula is C24H22F4O8. The molecule has 2 fully saturated rings. The molecule has 0 atom stereocenters. The van der Waals surface area contributed by atoms with Crippen LogP contribution in [0.1, 0.15) is 46.4 Å². The van der Waals surface area contributed by atoms with Crippen molar-refractivity contribution < 1.29 is 56.3 Å². The summed E-state index contributed by atoms with van der Waals surface area (Å²) in [5.74, 6) is -4.28. The van der Waals surface area contributed by atoms with E-state index in [1.54, 1.807) is 0 Å². The maximum absolute atomic E-state index is 13.1. The van der Waals surface area contributed by atoms with Crippen molar-refractivity contribution in [3.05, 3.63) is 35.4 Å².